The number of nitrogens with two attached hydrogens (primary N) is 1. The molecule has 11 nitrogen and oxygen atoms in total. The first-order valence-corrected chi connectivity index (χ1v) is 18.8. The number of primary amides is 1. The zero-order chi connectivity index (χ0) is 36.5. The highest BCUT2D eigenvalue weighted by Gasteiger charge is 2.29. The van der Waals surface area contributed by atoms with E-state index in [0.717, 1.165) is 69.1 Å². The first-order chi connectivity index (χ1) is 25.1. The molecule has 7 rings (SSSR count). The molecular formula is C38H39Cl2N7O4S. The number of carbonyl (C=O) groups is 2. The van der Waals surface area contributed by atoms with Crippen LogP contribution in [0.2, 0.25) is 10.0 Å². The first-order valence-electron chi connectivity index (χ1n) is 17.2. The molecule has 5 aromatic rings. The SMILES string of the molecule is COc1nc(-c2cccc(-c3cccc(Nc4nccc5sc(CN6CCC(C(=O)O)CC6)nc45)c3Cl)c2Cl)cc(C)c1CN1CCC(C(N)=O)C1. The summed E-state index contributed by atoms with van der Waals surface area (Å²) in [5.41, 5.74) is 11.8. The molecule has 52 heavy (non-hydrogen) atoms. The number of rotatable bonds is 11. The highest BCUT2D eigenvalue weighted by molar-refractivity contribution is 7.18. The smallest absolute Gasteiger partial charge is 0.306 e. The van der Waals surface area contributed by atoms with Gasteiger partial charge in [-0.2, -0.15) is 0 Å². The van der Waals surface area contributed by atoms with Crippen LogP contribution in [0, 0.1) is 18.8 Å². The number of carbonyl (C=O) groups excluding carboxylic acids is 1. The maximum Gasteiger partial charge on any atom is 0.306 e. The summed E-state index contributed by atoms with van der Waals surface area (Å²) in [5.74, 6) is -0.284. The van der Waals surface area contributed by atoms with Gasteiger partial charge in [-0.15, -0.1) is 11.3 Å². The predicted molar refractivity (Wildman–Crippen MR) is 205 cm³/mol. The van der Waals surface area contributed by atoms with E-state index in [2.05, 4.69) is 20.1 Å². The average molecular weight is 761 g/mol. The Labute approximate surface area is 315 Å². The second-order valence-corrected chi connectivity index (χ2v) is 15.3. The van der Waals surface area contributed by atoms with Crippen molar-refractivity contribution < 1.29 is 19.4 Å². The fourth-order valence-electron chi connectivity index (χ4n) is 7.09. The Balaban J connectivity index is 1.13. The Kier molecular flexibility index (Phi) is 10.6. The van der Waals surface area contributed by atoms with E-state index in [1.54, 1.807) is 24.6 Å². The number of anilines is 2. The number of carboxylic acid groups (broad SMARTS) is 1. The molecule has 0 saturated carbocycles. The van der Waals surface area contributed by atoms with Gasteiger partial charge in [0.2, 0.25) is 11.8 Å². The summed E-state index contributed by atoms with van der Waals surface area (Å²) in [7, 11) is 1.61. The summed E-state index contributed by atoms with van der Waals surface area (Å²) in [4.78, 5) is 42.0. The number of fused-ring (bicyclic) bond motifs is 1. The molecule has 0 radical (unpaired) electrons. The summed E-state index contributed by atoms with van der Waals surface area (Å²) in [6.45, 7) is 6.16. The third-order valence-electron chi connectivity index (χ3n) is 10.0. The summed E-state index contributed by atoms with van der Waals surface area (Å²) in [6, 6.07) is 15.5. The molecular weight excluding hydrogens is 721 g/mol. The van der Waals surface area contributed by atoms with Crippen LogP contribution in [0.25, 0.3) is 32.6 Å². The Bertz CT molecular complexity index is 2150. The average Bonchev–Trinajstić information content (AvgIpc) is 3.78. The van der Waals surface area contributed by atoms with Crippen LogP contribution in [-0.4, -0.2) is 75.0 Å². The monoisotopic (exact) mass is 759 g/mol. The molecule has 1 unspecified atom stereocenters. The van der Waals surface area contributed by atoms with Gasteiger partial charge < -0.3 is 20.9 Å². The molecule has 0 spiro atoms. The minimum absolute atomic E-state index is 0.140. The summed E-state index contributed by atoms with van der Waals surface area (Å²) in [6.07, 6.45) is 3.79. The summed E-state index contributed by atoms with van der Waals surface area (Å²) < 4.78 is 6.76. The third-order valence-corrected chi connectivity index (χ3v) is 11.8. The van der Waals surface area contributed by atoms with E-state index in [1.807, 2.05) is 55.5 Å². The zero-order valence-electron chi connectivity index (χ0n) is 28.9. The van der Waals surface area contributed by atoms with E-state index in [4.69, 9.17) is 43.6 Å². The van der Waals surface area contributed by atoms with Crippen molar-refractivity contribution in [1.29, 1.82) is 0 Å². The Hall–Kier alpha value is -4.33. The maximum atomic E-state index is 11.7. The van der Waals surface area contributed by atoms with Crippen molar-refractivity contribution in [2.45, 2.75) is 39.3 Å². The van der Waals surface area contributed by atoms with Crippen molar-refractivity contribution in [3.05, 3.63) is 80.9 Å². The number of aliphatic carboxylic acids is 1. The zero-order valence-corrected chi connectivity index (χ0v) is 31.2. The maximum absolute atomic E-state index is 11.7. The molecule has 5 heterocycles. The van der Waals surface area contributed by atoms with Gasteiger partial charge in [0.1, 0.15) is 10.5 Å². The Morgan fingerprint density at radius 2 is 1.65 bits per heavy atom. The van der Waals surface area contributed by atoms with E-state index in [9.17, 15) is 14.7 Å². The number of nitrogens with zero attached hydrogens (tertiary/aromatic N) is 5. The second-order valence-electron chi connectivity index (χ2n) is 13.4. The minimum Gasteiger partial charge on any atom is -0.481 e. The molecule has 3 aromatic heterocycles. The van der Waals surface area contributed by atoms with Crippen LogP contribution in [0.5, 0.6) is 5.88 Å². The van der Waals surface area contributed by atoms with E-state index in [0.29, 0.717) is 65.6 Å². The van der Waals surface area contributed by atoms with Crippen LogP contribution in [0.4, 0.5) is 11.5 Å². The fraction of sp³-hybridized carbons (Fsp3) is 0.342. The largest absolute Gasteiger partial charge is 0.481 e. The van der Waals surface area contributed by atoms with Gasteiger partial charge in [-0.25, -0.2) is 15.0 Å². The van der Waals surface area contributed by atoms with E-state index < -0.39 is 5.97 Å². The van der Waals surface area contributed by atoms with Crippen LogP contribution in [0.15, 0.2) is 54.7 Å². The van der Waals surface area contributed by atoms with Crippen molar-refractivity contribution in [1.82, 2.24) is 24.8 Å². The van der Waals surface area contributed by atoms with Crippen LogP contribution in [-0.2, 0) is 22.7 Å². The lowest BCUT2D eigenvalue weighted by atomic mass is 9.97. The molecule has 2 aromatic carbocycles. The number of ether oxygens (including phenoxy) is 1. The number of aromatic nitrogens is 3. The highest BCUT2D eigenvalue weighted by Crippen LogP contribution is 2.43. The molecule has 2 fully saturated rings. The Morgan fingerprint density at radius 1 is 0.962 bits per heavy atom. The van der Waals surface area contributed by atoms with Crippen molar-refractivity contribution in [3.63, 3.8) is 0 Å². The normalized spacial score (nSPS) is 17.1. The number of methoxy groups -OCH3 is 1. The molecule has 0 aliphatic carbocycles. The van der Waals surface area contributed by atoms with Crippen LogP contribution >= 0.6 is 34.5 Å². The molecule has 1 amide bonds. The number of thiazole rings is 1. The van der Waals surface area contributed by atoms with Gasteiger partial charge in [0.05, 0.1) is 51.6 Å². The molecule has 0 bridgehead atoms. The molecule has 2 saturated heterocycles. The number of hydrogen-bond acceptors (Lipinski definition) is 10. The molecule has 2 aliphatic heterocycles. The van der Waals surface area contributed by atoms with Gasteiger partial charge in [-0.05, 0) is 69.6 Å². The van der Waals surface area contributed by atoms with Gasteiger partial charge in [0, 0.05) is 41.5 Å². The van der Waals surface area contributed by atoms with Crippen molar-refractivity contribution in [3.8, 4) is 28.3 Å². The van der Waals surface area contributed by atoms with E-state index in [1.165, 1.54) is 0 Å². The van der Waals surface area contributed by atoms with Gasteiger partial charge >= 0.3 is 5.97 Å². The molecule has 2 aliphatic rings. The molecule has 4 N–H and O–H groups in total. The number of halogens is 2. The number of hydrogen-bond donors (Lipinski definition) is 3. The topological polar surface area (TPSA) is 147 Å². The number of nitrogens with one attached hydrogen (secondary N) is 1. The Morgan fingerprint density at radius 3 is 2.37 bits per heavy atom. The van der Waals surface area contributed by atoms with Gasteiger partial charge in [-0.1, -0.05) is 53.5 Å². The van der Waals surface area contributed by atoms with Gasteiger partial charge in [0.15, 0.2) is 5.82 Å². The number of likely N-dealkylation sites (tertiary alicyclic amines) is 2. The first kappa shape index (κ1) is 36.0. The number of amides is 1. The predicted octanol–water partition coefficient (Wildman–Crippen LogP) is 7.39. The highest BCUT2D eigenvalue weighted by atomic mass is 35.5. The third kappa shape index (κ3) is 7.44. The quantitative estimate of drug-likeness (QED) is 0.125. The minimum atomic E-state index is -0.714. The lowest BCUT2D eigenvalue weighted by Gasteiger charge is -2.29. The van der Waals surface area contributed by atoms with E-state index >= 15 is 0 Å². The number of piperidine rings is 1. The second kappa shape index (κ2) is 15.3. The summed E-state index contributed by atoms with van der Waals surface area (Å²) in [5, 5.41) is 14.7. The fourth-order valence-corrected chi connectivity index (χ4v) is 8.70. The van der Waals surface area contributed by atoms with Crippen molar-refractivity contribution in [2.24, 2.45) is 17.6 Å². The molecule has 1 atom stereocenters. The number of benzene rings is 2. The van der Waals surface area contributed by atoms with Crippen molar-refractivity contribution in [2.75, 3.05) is 38.6 Å². The van der Waals surface area contributed by atoms with Gasteiger partial charge in [0.25, 0.3) is 0 Å². The number of pyridine rings is 2. The molecule has 270 valence electrons. The summed E-state index contributed by atoms with van der Waals surface area (Å²) >= 11 is 15.9. The van der Waals surface area contributed by atoms with Crippen LogP contribution in [0.3, 0.4) is 0 Å². The van der Waals surface area contributed by atoms with E-state index in [-0.39, 0.29) is 17.7 Å². The lowest BCUT2D eigenvalue weighted by Crippen LogP contribution is -2.35. The standard InChI is InChI=1S/C38H39Cl2N7O4S/c1-21-17-29(44-37(51-2)27(21)19-47-16-12-23(18-47)35(41)48)26-7-3-5-24(32(26)39)25-6-4-8-28(33(25)40)43-36-34-30(9-13-42-36)52-31(45-34)20-46-14-10-22(11-15-46)38(49)50/h3-9,13,17,22-23H,10-12,14-16,18-20H2,1-2H3,(H2,41,48)(H,42,43)(H,49,50). The number of carboxylic acids is 1. The van der Waals surface area contributed by atoms with Crippen LogP contribution < -0.4 is 15.8 Å². The molecule has 14 heteroatoms. The lowest BCUT2D eigenvalue weighted by molar-refractivity contribution is -0.143. The van der Waals surface area contributed by atoms with Crippen LogP contribution in [0.1, 0.15) is 35.4 Å². The van der Waals surface area contributed by atoms with Crippen molar-refractivity contribution >= 4 is 68.1 Å². The van der Waals surface area contributed by atoms with Gasteiger partial charge in [-0.3, -0.25) is 19.4 Å². The number of aryl methyl sites for hydroxylation is 1.